The third kappa shape index (κ3) is 1.77. The Balaban J connectivity index is 2.35. The second-order valence-corrected chi connectivity index (χ2v) is 3.66. The first-order chi connectivity index (χ1) is 7.22. The van der Waals surface area contributed by atoms with E-state index in [0.29, 0.717) is 6.79 Å². The van der Waals surface area contributed by atoms with Crippen molar-refractivity contribution in [3.63, 3.8) is 0 Å². The molecular weight excluding hydrogens is 190 g/mol. The number of likely N-dealkylation sites (N-methyl/N-ethyl adjacent to an activating group) is 1. The van der Waals surface area contributed by atoms with E-state index in [2.05, 4.69) is 18.4 Å². The van der Waals surface area contributed by atoms with Crippen molar-refractivity contribution in [2.45, 2.75) is 6.92 Å². The van der Waals surface area contributed by atoms with Crippen molar-refractivity contribution in [1.82, 2.24) is 0 Å². The molecule has 0 saturated heterocycles. The topological polar surface area (TPSA) is 21.7 Å². The zero-order valence-corrected chi connectivity index (χ0v) is 9.12. The Morgan fingerprint density at radius 2 is 2.07 bits per heavy atom. The predicted octanol–water partition coefficient (Wildman–Crippen LogP) is 2.35. The van der Waals surface area contributed by atoms with Gasteiger partial charge in [0.2, 0.25) is 6.79 Å². The Morgan fingerprint density at radius 1 is 1.40 bits per heavy atom. The van der Waals surface area contributed by atoms with Gasteiger partial charge < -0.3 is 14.4 Å². The van der Waals surface area contributed by atoms with Gasteiger partial charge in [0.05, 0.1) is 0 Å². The summed E-state index contributed by atoms with van der Waals surface area (Å²) in [6.45, 7) is 6.94. The van der Waals surface area contributed by atoms with Gasteiger partial charge in [0, 0.05) is 25.3 Å². The third-order valence-corrected chi connectivity index (χ3v) is 2.51. The lowest BCUT2D eigenvalue weighted by Gasteiger charge is -2.19. The van der Waals surface area contributed by atoms with Crippen molar-refractivity contribution < 1.29 is 9.47 Å². The SMILES string of the molecule is C=CCN(C)c1cc2c(cc1C)OCO2. The van der Waals surface area contributed by atoms with Gasteiger partial charge in [-0.1, -0.05) is 6.08 Å². The second-order valence-electron chi connectivity index (χ2n) is 3.66. The summed E-state index contributed by atoms with van der Waals surface area (Å²) < 4.78 is 10.7. The molecule has 0 aliphatic carbocycles. The molecule has 3 heteroatoms. The van der Waals surface area contributed by atoms with E-state index in [1.54, 1.807) is 0 Å². The second kappa shape index (κ2) is 3.85. The summed E-state index contributed by atoms with van der Waals surface area (Å²) in [5.74, 6) is 1.66. The molecule has 0 saturated carbocycles. The molecule has 1 aromatic carbocycles. The van der Waals surface area contributed by atoms with Crippen LogP contribution >= 0.6 is 0 Å². The number of anilines is 1. The van der Waals surface area contributed by atoms with Crippen LogP contribution in [0.2, 0.25) is 0 Å². The summed E-state index contributed by atoms with van der Waals surface area (Å²) in [7, 11) is 2.03. The summed E-state index contributed by atoms with van der Waals surface area (Å²) in [5.41, 5.74) is 2.34. The highest BCUT2D eigenvalue weighted by atomic mass is 16.7. The van der Waals surface area contributed by atoms with Gasteiger partial charge in [0.25, 0.3) is 0 Å². The molecule has 0 amide bonds. The zero-order chi connectivity index (χ0) is 10.8. The van der Waals surface area contributed by atoms with E-state index in [0.717, 1.165) is 23.7 Å². The molecule has 1 aliphatic rings. The van der Waals surface area contributed by atoms with Crippen LogP contribution in [0.25, 0.3) is 0 Å². The van der Waals surface area contributed by atoms with Gasteiger partial charge in [-0.05, 0) is 18.6 Å². The largest absolute Gasteiger partial charge is 0.454 e. The van der Waals surface area contributed by atoms with Crippen molar-refractivity contribution in [2.24, 2.45) is 0 Å². The monoisotopic (exact) mass is 205 g/mol. The highest BCUT2D eigenvalue weighted by Gasteiger charge is 2.16. The van der Waals surface area contributed by atoms with E-state index in [4.69, 9.17) is 9.47 Å². The number of hydrogen-bond acceptors (Lipinski definition) is 3. The minimum Gasteiger partial charge on any atom is -0.454 e. The Bertz CT molecular complexity index is 387. The van der Waals surface area contributed by atoms with E-state index < -0.39 is 0 Å². The number of ether oxygens (including phenoxy) is 2. The fourth-order valence-electron chi connectivity index (χ4n) is 1.74. The molecule has 0 bridgehead atoms. The zero-order valence-electron chi connectivity index (χ0n) is 9.12. The minimum absolute atomic E-state index is 0.323. The molecule has 1 aromatic rings. The number of fused-ring (bicyclic) bond motifs is 1. The van der Waals surface area contributed by atoms with Crippen molar-refractivity contribution in [3.05, 3.63) is 30.4 Å². The van der Waals surface area contributed by atoms with Crippen LogP contribution in [-0.2, 0) is 0 Å². The maximum atomic E-state index is 5.35. The van der Waals surface area contributed by atoms with Crippen LogP contribution in [0.3, 0.4) is 0 Å². The molecule has 1 aliphatic heterocycles. The molecule has 0 N–H and O–H groups in total. The van der Waals surface area contributed by atoms with E-state index in [1.807, 2.05) is 25.3 Å². The summed E-state index contributed by atoms with van der Waals surface area (Å²) in [4.78, 5) is 2.13. The Hall–Kier alpha value is -1.64. The number of hydrogen-bond donors (Lipinski definition) is 0. The highest BCUT2D eigenvalue weighted by Crippen LogP contribution is 2.37. The van der Waals surface area contributed by atoms with Gasteiger partial charge in [-0.3, -0.25) is 0 Å². The minimum atomic E-state index is 0.323. The summed E-state index contributed by atoms with van der Waals surface area (Å²) in [5, 5.41) is 0. The molecule has 0 fully saturated rings. The first kappa shape index (κ1) is 9.90. The van der Waals surface area contributed by atoms with Crippen LogP contribution < -0.4 is 14.4 Å². The van der Waals surface area contributed by atoms with E-state index in [-0.39, 0.29) is 0 Å². The van der Waals surface area contributed by atoms with Crippen LogP contribution in [0.15, 0.2) is 24.8 Å². The fraction of sp³-hybridized carbons (Fsp3) is 0.333. The summed E-state index contributed by atoms with van der Waals surface area (Å²) in [6, 6.07) is 4.03. The van der Waals surface area contributed by atoms with Crippen LogP contribution in [-0.4, -0.2) is 20.4 Å². The summed E-state index contributed by atoms with van der Waals surface area (Å²) >= 11 is 0. The maximum absolute atomic E-state index is 5.35. The van der Waals surface area contributed by atoms with E-state index in [9.17, 15) is 0 Å². The van der Waals surface area contributed by atoms with Gasteiger partial charge in [-0.2, -0.15) is 0 Å². The first-order valence-corrected chi connectivity index (χ1v) is 4.94. The van der Waals surface area contributed by atoms with Gasteiger partial charge >= 0.3 is 0 Å². The fourth-order valence-corrected chi connectivity index (χ4v) is 1.74. The normalized spacial score (nSPS) is 12.7. The van der Waals surface area contributed by atoms with E-state index >= 15 is 0 Å². The predicted molar refractivity (Wildman–Crippen MR) is 60.8 cm³/mol. The average molecular weight is 205 g/mol. The maximum Gasteiger partial charge on any atom is 0.231 e. The Kier molecular flexibility index (Phi) is 2.54. The van der Waals surface area contributed by atoms with E-state index in [1.165, 1.54) is 5.56 Å². The smallest absolute Gasteiger partial charge is 0.231 e. The standard InChI is InChI=1S/C12H15NO2/c1-4-5-13(3)10-7-12-11(6-9(10)2)14-8-15-12/h4,6-7H,1,5,8H2,2-3H3. The van der Waals surface area contributed by atoms with Crippen molar-refractivity contribution in [3.8, 4) is 11.5 Å². The molecule has 0 radical (unpaired) electrons. The van der Waals surface area contributed by atoms with Crippen LogP contribution in [0.1, 0.15) is 5.56 Å². The molecule has 0 unspecified atom stereocenters. The molecular formula is C12H15NO2. The molecule has 80 valence electrons. The number of aryl methyl sites for hydroxylation is 1. The molecule has 3 nitrogen and oxygen atoms in total. The molecule has 15 heavy (non-hydrogen) atoms. The number of rotatable bonds is 3. The lowest BCUT2D eigenvalue weighted by molar-refractivity contribution is 0.174. The van der Waals surface area contributed by atoms with Crippen molar-refractivity contribution in [2.75, 3.05) is 25.3 Å². The first-order valence-electron chi connectivity index (χ1n) is 4.94. The molecule has 2 rings (SSSR count). The van der Waals surface area contributed by atoms with Gasteiger partial charge in [0.1, 0.15) is 0 Å². The van der Waals surface area contributed by atoms with Gasteiger partial charge in [-0.25, -0.2) is 0 Å². The molecule has 0 atom stereocenters. The Labute approximate surface area is 89.9 Å². The number of nitrogens with zero attached hydrogens (tertiary/aromatic N) is 1. The third-order valence-electron chi connectivity index (χ3n) is 2.51. The van der Waals surface area contributed by atoms with Crippen LogP contribution in [0.5, 0.6) is 11.5 Å². The van der Waals surface area contributed by atoms with Crippen molar-refractivity contribution >= 4 is 5.69 Å². The highest BCUT2D eigenvalue weighted by molar-refractivity contribution is 5.62. The Morgan fingerprint density at radius 3 is 2.73 bits per heavy atom. The number of benzene rings is 1. The van der Waals surface area contributed by atoms with Crippen LogP contribution in [0, 0.1) is 6.92 Å². The lowest BCUT2D eigenvalue weighted by Crippen LogP contribution is -2.17. The molecule has 0 spiro atoms. The quantitative estimate of drug-likeness (QED) is 0.707. The lowest BCUT2D eigenvalue weighted by atomic mass is 10.1. The van der Waals surface area contributed by atoms with Crippen LogP contribution in [0.4, 0.5) is 5.69 Å². The average Bonchev–Trinajstić information content (AvgIpc) is 2.63. The summed E-state index contributed by atoms with van der Waals surface area (Å²) in [6.07, 6.45) is 1.88. The van der Waals surface area contributed by atoms with Crippen molar-refractivity contribution in [1.29, 1.82) is 0 Å². The van der Waals surface area contributed by atoms with Gasteiger partial charge in [0.15, 0.2) is 11.5 Å². The molecule has 1 heterocycles. The van der Waals surface area contributed by atoms with Gasteiger partial charge in [-0.15, -0.1) is 6.58 Å². The molecule has 0 aromatic heterocycles.